The maximum Gasteiger partial charge on any atom is 0.261 e. The van der Waals surface area contributed by atoms with Gasteiger partial charge in [-0.15, -0.1) is 0 Å². The molecule has 0 aliphatic heterocycles. The Morgan fingerprint density at radius 3 is 2.30 bits per heavy atom. The third-order valence-corrected chi connectivity index (χ3v) is 3.82. The van der Waals surface area contributed by atoms with Crippen molar-refractivity contribution in [3.8, 4) is 23.0 Å². The number of hydrogen-bond donors (Lipinski definition) is 1. The van der Waals surface area contributed by atoms with E-state index in [0.717, 1.165) is 5.56 Å². The summed E-state index contributed by atoms with van der Waals surface area (Å²) < 4.78 is 22.1. The Morgan fingerprint density at radius 1 is 0.963 bits per heavy atom. The lowest BCUT2D eigenvalue weighted by molar-refractivity contribution is -0.127. The molecule has 1 amide bonds. The van der Waals surface area contributed by atoms with Crippen LogP contribution in [0.15, 0.2) is 42.5 Å². The molecular weight excluding hydrogens is 346 g/mol. The average Bonchev–Trinajstić information content (AvgIpc) is 2.68. The van der Waals surface area contributed by atoms with E-state index in [1.54, 1.807) is 26.2 Å². The lowest BCUT2D eigenvalue weighted by Gasteiger charge is -2.17. The molecule has 146 valence electrons. The fourth-order valence-corrected chi connectivity index (χ4v) is 2.50. The van der Waals surface area contributed by atoms with Gasteiger partial charge in [-0.25, -0.2) is 0 Å². The van der Waals surface area contributed by atoms with E-state index in [1.165, 1.54) is 0 Å². The number of benzene rings is 2. The quantitative estimate of drug-likeness (QED) is 0.690. The second-order valence-electron chi connectivity index (χ2n) is 5.78. The van der Waals surface area contributed by atoms with E-state index in [0.29, 0.717) is 42.8 Å². The van der Waals surface area contributed by atoms with Crippen LogP contribution in [0.5, 0.6) is 23.0 Å². The van der Waals surface area contributed by atoms with Crippen LogP contribution in [-0.4, -0.2) is 32.3 Å². The molecule has 0 saturated heterocycles. The predicted octanol–water partition coefficient (Wildman–Crippen LogP) is 3.58. The lowest BCUT2D eigenvalue weighted by Crippen LogP contribution is -2.36. The number of ether oxygens (including phenoxy) is 4. The highest BCUT2D eigenvalue weighted by Crippen LogP contribution is 2.29. The molecule has 0 unspecified atom stereocenters. The highest BCUT2D eigenvalue weighted by atomic mass is 16.5. The Bertz CT molecular complexity index is 747. The molecule has 1 N–H and O–H groups in total. The van der Waals surface area contributed by atoms with Crippen LogP contribution in [0.3, 0.4) is 0 Å². The Labute approximate surface area is 160 Å². The first kappa shape index (κ1) is 20.4. The largest absolute Gasteiger partial charge is 0.493 e. The Kier molecular flexibility index (Phi) is 7.79. The summed E-state index contributed by atoms with van der Waals surface area (Å²) in [4.78, 5) is 12.4. The molecule has 2 rings (SSSR count). The van der Waals surface area contributed by atoms with E-state index in [2.05, 4.69) is 5.32 Å². The third kappa shape index (κ3) is 5.81. The molecule has 0 heterocycles. The van der Waals surface area contributed by atoms with Crippen LogP contribution >= 0.6 is 0 Å². The summed E-state index contributed by atoms with van der Waals surface area (Å²) in [5.74, 6) is 2.27. The van der Waals surface area contributed by atoms with Crippen LogP contribution in [0.25, 0.3) is 0 Å². The van der Waals surface area contributed by atoms with Gasteiger partial charge in [-0.1, -0.05) is 18.2 Å². The van der Waals surface area contributed by atoms with Gasteiger partial charge in [0.15, 0.2) is 29.1 Å². The molecule has 0 aliphatic rings. The molecule has 0 spiro atoms. The summed E-state index contributed by atoms with van der Waals surface area (Å²) in [5, 5.41) is 2.88. The molecule has 0 fully saturated rings. The molecule has 0 saturated carbocycles. The third-order valence-electron chi connectivity index (χ3n) is 3.82. The summed E-state index contributed by atoms with van der Waals surface area (Å²) >= 11 is 0. The first-order valence-electron chi connectivity index (χ1n) is 9.04. The van der Waals surface area contributed by atoms with Crippen molar-refractivity contribution in [3.63, 3.8) is 0 Å². The highest BCUT2D eigenvalue weighted by molar-refractivity contribution is 5.80. The van der Waals surface area contributed by atoms with Gasteiger partial charge in [-0.3, -0.25) is 4.79 Å². The number of carbonyl (C=O) groups is 1. The van der Waals surface area contributed by atoms with Crippen LogP contribution in [0, 0.1) is 0 Å². The Morgan fingerprint density at radius 2 is 1.63 bits per heavy atom. The first-order chi connectivity index (χ1) is 13.1. The van der Waals surface area contributed by atoms with Crippen molar-refractivity contribution in [3.05, 3.63) is 48.0 Å². The van der Waals surface area contributed by atoms with Crippen LogP contribution in [0.4, 0.5) is 0 Å². The van der Waals surface area contributed by atoms with Crippen LogP contribution in [-0.2, 0) is 11.3 Å². The van der Waals surface area contributed by atoms with Crippen LogP contribution in [0.1, 0.15) is 26.3 Å². The second-order valence-corrected chi connectivity index (χ2v) is 5.78. The molecule has 6 heteroatoms. The van der Waals surface area contributed by atoms with Gasteiger partial charge >= 0.3 is 0 Å². The maximum atomic E-state index is 12.4. The number of carbonyl (C=O) groups excluding carboxylic acids is 1. The summed E-state index contributed by atoms with van der Waals surface area (Å²) in [6.45, 7) is 7.01. The average molecular weight is 373 g/mol. The van der Waals surface area contributed by atoms with Gasteiger partial charge in [-0.2, -0.15) is 0 Å². The molecular formula is C21H27NO5. The van der Waals surface area contributed by atoms with E-state index in [-0.39, 0.29) is 5.91 Å². The van der Waals surface area contributed by atoms with Gasteiger partial charge in [-0.05, 0) is 50.6 Å². The van der Waals surface area contributed by atoms with E-state index >= 15 is 0 Å². The number of amides is 1. The minimum absolute atomic E-state index is 0.215. The zero-order valence-corrected chi connectivity index (χ0v) is 16.3. The van der Waals surface area contributed by atoms with Crippen molar-refractivity contribution in [2.75, 3.05) is 20.3 Å². The summed E-state index contributed by atoms with van der Waals surface area (Å²) in [6, 6.07) is 12.9. The molecule has 0 bridgehead atoms. The first-order valence-corrected chi connectivity index (χ1v) is 9.04. The van der Waals surface area contributed by atoms with Crippen LogP contribution in [0.2, 0.25) is 0 Å². The fraction of sp³-hybridized carbons (Fsp3) is 0.381. The standard InChI is InChI=1S/C21H27NO5/c1-5-25-18-12-11-16(13-20(18)26-6-2)14-22-21(23)15(3)27-19-10-8-7-9-17(19)24-4/h7-13,15H,5-6,14H2,1-4H3,(H,22,23)/t15-/m1/s1. The van der Waals surface area contributed by atoms with Crippen molar-refractivity contribution in [2.45, 2.75) is 33.4 Å². The number of para-hydroxylation sites is 2. The van der Waals surface area contributed by atoms with Crippen molar-refractivity contribution in [1.82, 2.24) is 5.32 Å². The van der Waals surface area contributed by atoms with Crippen molar-refractivity contribution < 1.29 is 23.7 Å². The van der Waals surface area contributed by atoms with Gasteiger partial charge in [0.25, 0.3) is 5.91 Å². The maximum absolute atomic E-state index is 12.4. The topological polar surface area (TPSA) is 66.0 Å². The van der Waals surface area contributed by atoms with Gasteiger partial charge < -0.3 is 24.3 Å². The number of nitrogens with one attached hydrogen (secondary N) is 1. The second kappa shape index (κ2) is 10.3. The predicted molar refractivity (Wildman–Crippen MR) is 104 cm³/mol. The SMILES string of the molecule is CCOc1ccc(CNC(=O)[C@@H](C)Oc2ccccc2OC)cc1OCC. The molecule has 1 atom stereocenters. The summed E-state index contributed by atoms with van der Waals surface area (Å²) in [5.41, 5.74) is 0.916. The zero-order chi connectivity index (χ0) is 19.6. The molecule has 0 aliphatic carbocycles. The lowest BCUT2D eigenvalue weighted by atomic mass is 10.2. The van der Waals surface area contributed by atoms with E-state index in [1.807, 2.05) is 44.2 Å². The van der Waals surface area contributed by atoms with Gasteiger partial charge in [0.05, 0.1) is 20.3 Å². The normalized spacial score (nSPS) is 11.4. The smallest absolute Gasteiger partial charge is 0.261 e. The summed E-state index contributed by atoms with van der Waals surface area (Å²) in [6.07, 6.45) is -0.657. The Balaban J connectivity index is 1.97. The molecule has 2 aromatic rings. The van der Waals surface area contributed by atoms with Crippen LogP contribution < -0.4 is 24.3 Å². The number of rotatable bonds is 10. The molecule has 27 heavy (non-hydrogen) atoms. The van der Waals surface area contributed by atoms with E-state index in [9.17, 15) is 4.79 Å². The number of hydrogen-bond acceptors (Lipinski definition) is 5. The Hall–Kier alpha value is -2.89. The van der Waals surface area contributed by atoms with Gasteiger partial charge in [0.1, 0.15) is 0 Å². The van der Waals surface area contributed by atoms with E-state index in [4.69, 9.17) is 18.9 Å². The highest BCUT2D eigenvalue weighted by Gasteiger charge is 2.16. The zero-order valence-electron chi connectivity index (χ0n) is 16.3. The molecule has 0 radical (unpaired) electrons. The van der Waals surface area contributed by atoms with Crippen molar-refractivity contribution in [1.29, 1.82) is 0 Å². The monoisotopic (exact) mass is 373 g/mol. The number of methoxy groups -OCH3 is 1. The van der Waals surface area contributed by atoms with Gasteiger partial charge in [0, 0.05) is 6.54 Å². The molecule has 6 nitrogen and oxygen atoms in total. The minimum Gasteiger partial charge on any atom is -0.493 e. The molecule has 0 aromatic heterocycles. The van der Waals surface area contributed by atoms with Crippen molar-refractivity contribution in [2.24, 2.45) is 0 Å². The van der Waals surface area contributed by atoms with Crippen molar-refractivity contribution >= 4 is 5.91 Å². The molecule has 2 aromatic carbocycles. The van der Waals surface area contributed by atoms with E-state index < -0.39 is 6.10 Å². The summed E-state index contributed by atoms with van der Waals surface area (Å²) in [7, 11) is 1.56. The fourth-order valence-electron chi connectivity index (χ4n) is 2.50. The van der Waals surface area contributed by atoms with Gasteiger partial charge in [0.2, 0.25) is 0 Å². The minimum atomic E-state index is -0.657.